The number of nitrogens with zero attached hydrogens (tertiary/aromatic N) is 2. The fraction of sp³-hybridized carbons (Fsp3) is 0.176. The minimum absolute atomic E-state index is 0.00741. The molecule has 5 rings (SSSR count). The molecule has 6 nitrogen and oxygen atoms in total. The molecule has 0 saturated heterocycles. The van der Waals surface area contributed by atoms with E-state index in [0.717, 1.165) is 39.7 Å². The topological polar surface area (TPSA) is 85.1 Å². The molecule has 1 aromatic heterocycles. The Balaban J connectivity index is 1.22. The number of aromatic nitrogens is 2. The van der Waals surface area contributed by atoms with Crippen molar-refractivity contribution in [1.29, 1.82) is 0 Å². The van der Waals surface area contributed by atoms with Crippen LogP contribution in [0.2, 0.25) is 0 Å². The zero-order chi connectivity index (χ0) is 29.0. The summed E-state index contributed by atoms with van der Waals surface area (Å²) in [5, 5.41) is 6.92. The molecule has 0 aliphatic heterocycles. The molecule has 5 aromatic rings. The number of rotatable bonds is 8. The summed E-state index contributed by atoms with van der Waals surface area (Å²) in [6.45, 7) is 6.34. The van der Waals surface area contributed by atoms with Crippen LogP contribution in [0.3, 0.4) is 0 Å². The minimum atomic E-state index is -0.664. The number of carbonyl (C=O) groups excluding carboxylic acids is 2. The molecule has 0 bridgehead atoms. The highest BCUT2D eigenvalue weighted by Crippen LogP contribution is 2.27. The summed E-state index contributed by atoms with van der Waals surface area (Å²) in [6.07, 6.45) is 1.10. The van der Waals surface area contributed by atoms with Crippen molar-refractivity contribution in [1.82, 2.24) is 15.5 Å². The van der Waals surface area contributed by atoms with Crippen molar-refractivity contribution in [2.45, 2.75) is 38.6 Å². The van der Waals surface area contributed by atoms with Gasteiger partial charge in [-0.25, -0.2) is 4.39 Å². The van der Waals surface area contributed by atoms with E-state index in [1.807, 2.05) is 66.7 Å². The van der Waals surface area contributed by atoms with E-state index in [2.05, 4.69) is 36.2 Å². The van der Waals surface area contributed by atoms with E-state index in [-0.39, 0.29) is 17.1 Å². The maximum atomic E-state index is 13.6. The Labute approximate surface area is 238 Å². The van der Waals surface area contributed by atoms with Gasteiger partial charge in [0.15, 0.2) is 0 Å². The first kappa shape index (κ1) is 27.6. The molecule has 206 valence electrons. The molecule has 1 amide bonds. The lowest BCUT2D eigenvalue weighted by Crippen LogP contribution is -2.37. The Bertz CT molecular complexity index is 1650. The van der Waals surface area contributed by atoms with Gasteiger partial charge in [0.25, 0.3) is 11.8 Å². The van der Waals surface area contributed by atoms with Crippen LogP contribution >= 0.6 is 0 Å². The first-order valence-corrected chi connectivity index (χ1v) is 13.4. The van der Waals surface area contributed by atoms with Crippen molar-refractivity contribution < 1.29 is 18.5 Å². The lowest BCUT2D eigenvalue weighted by molar-refractivity contribution is -0.109. The average molecular weight is 548 g/mol. The van der Waals surface area contributed by atoms with Gasteiger partial charge in [-0.3, -0.25) is 4.79 Å². The highest BCUT2D eigenvalue weighted by atomic mass is 19.1. The fourth-order valence-electron chi connectivity index (χ4n) is 4.48. The zero-order valence-corrected chi connectivity index (χ0v) is 23.1. The second-order valence-electron chi connectivity index (χ2n) is 11.0. The van der Waals surface area contributed by atoms with Crippen molar-refractivity contribution >= 4 is 12.2 Å². The molecule has 41 heavy (non-hydrogen) atoms. The van der Waals surface area contributed by atoms with Crippen LogP contribution in [0.15, 0.2) is 102 Å². The molecule has 0 aliphatic rings. The number of halogens is 1. The Morgan fingerprint density at radius 3 is 2.17 bits per heavy atom. The number of carbonyl (C=O) groups is 2. The van der Waals surface area contributed by atoms with Crippen molar-refractivity contribution in [2.24, 2.45) is 0 Å². The summed E-state index contributed by atoms with van der Waals surface area (Å²) < 4.78 is 19.0. The van der Waals surface area contributed by atoms with Crippen LogP contribution in [0.25, 0.3) is 34.0 Å². The van der Waals surface area contributed by atoms with Crippen molar-refractivity contribution in [3.63, 3.8) is 0 Å². The number of nitrogens with one attached hydrogen (secondary N) is 1. The largest absolute Gasteiger partial charge is 0.342 e. The highest BCUT2D eigenvalue weighted by Gasteiger charge is 2.17. The third kappa shape index (κ3) is 6.64. The Morgan fingerprint density at radius 1 is 0.878 bits per heavy atom. The molecule has 0 saturated carbocycles. The van der Waals surface area contributed by atoms with Gasteiger partial charge in [0.1, 0.15) is 12.1 Å². The summed E-state index contributed by atoms with van der Waals surface area (Å²) >= 11 is 0. The van der Waals surface area contributed by atoms with E-state index < -0.39 is 6.04 Å². The molecule has 4 aromatic carbocycles. The van der Waals surface area contributed by atoms with Gasteiger partial charge >= 0.3 is 0 Å². The number of hydrogen-bond acceptors (Lipinski definition) is 5. The minimum Gasteiger partial charge on any atom is -0.342 e. The standard InChI is InChI=1S/C34H30FN3O3/c1-34(2,3)28-17-15-25(16-18-28)32(40)36-30(21-39)19-22-7-9-24(10-8-22)31-37-33(41-38-31)26-13-11-23(12-14-26)27-5-4-6-29(35)20-27/h4-18,20-21,30H,19H2,1-3H3,(H,36,40). The average Bonchev–Trinajstić information content (AvgIpc) is 3.47. The smallest absolute Gasteiger partial charge is 0.258 e. The predicted octanol–water partition coefficient (Wildman–Crippen LogP) is 7.05. The number of hydrogen-bond donors (Lipinski definition) is 1. The normalized spacial score (nSPS) is 12.1. The Hall–Kier alpha value is -4.91. The van der Waals surface area contributed by atoms with E-state index in [1.165, 1.54) is 12.1 Å². The maximum Gasteiger partial charge on any atom is 0.258 e. The third-order valence-electron chi connectivity index (χ3n) is 6.88. The Kier molecular flexibility index (Phi) is 7.88. The quantitative estimate of drug-likeness (QED) is 0.211. The Morgan fingerprint density at radius 2 is 1.54 bits per heavy atom. The summed E-state index contributed by atoms with van der Waals surface area (Å²) in [5.41, 5.74) is 5.69. The van der Waals surface area contributed by atoms with Gasteiger partial charge in [0.05, 0.1) is 6.04 Å². The van der Waals surface area contributed by atoms with Gasteiger partial charge in [-0.1, -0.05) is 86.6 Å². The van der Waals surface area contributed by atoms with E-state index >= 15 is 0 Å². The van der Waals surface area contributed by atoms with E-state index in [4.69, 9.17) is 4.52 Å². The third-order valence-corrected chi connectivity index (χ3v) is 6.88. The summed E-state index contributed by atoms with van der Waals surface area (Å²) in [4.78, 5) is 29.0. The van der Waals surface area contributed by atoms with Crippen LogP contribution < -0.4 is 5.32 Å². The molecule has 1 unspecified atom stereocenters. The first-order valence-electron chi connectivity index (χ1n) is 13.4. The van der Waals surface area contributed by atoms with Gasteiger partial charge in [-0.15, -0.1) is 0 Å². The molecule has 0 aliphatic carbocycles. The van der Waals surface area contributed by atoms with Gasteiger partial charge in [-0.05, 0) is 70.5 Å². The summed E-state index contributed by atoms with van der Waals surface area (Å²) in [5.74, 6) is 0.226. The molecule has 0 radical (unpaired) electrons. The zero-order valence-electron chi connectivity index (χ0n) is 23.1. The van der Waals surface area contributed by atoms with Crippen LogP contribution in [-0.2, 0) is 16.6 Å². The highest BCUT2D eigenvalue weighted by molar-refractivity contribution is 5.95. The van der Waals surface area contributed by atoms with Gasteiger partial charge in [-0.2, -0.15) is 4.98 Å². The van der Waals surface area contributed by atoms with Gasteiger partial charge < -0.3 is 14.6 Å². The summed E-state index contributed by atoms with van der Waals surface area (Å²) in [6, 6.07) is 28.1. The molecular formula is C34H30FN3O3. The second-order valence-corrected chi connectivity index (χ2v) is 11.0. The van der Waals surface area contributed by atoms with Crippen LogP contribution in [-0.4, -0.2) is 28.4 Å². The molecular weight excluding hydrogens is 517 g/mol. The number of amides is 1. The number of benzene rings is 4. The van der Waals surface area contributed by atoms with Crippen molar-refractivity contribution in [2.75, 3.05) is 0 Å². The molecule has 1 atom stereocenters. The fourth-order valence-corrected chi connectivity index (χ4v) is 4.48. The van der Waals surface area contributed by atoms with Crippen LogP contribution in [0.1, 0.15) is 42.3 Å². The van der Waals surface area contributed by atoms with E-state index in [1.54, 1.807) is 18.2 Å². The van der Waals surface area contributed by atoms with Crippen LogP contribution in [0, 0.1) is 5.82 Å². The summed E-state index contributed by atoms with van der Waals surface area (Å²) in [7, 11) is 0. The molecule has 0 fully saturated rings. The first-order chi connectivity index (χ1) is 19.7. The van der Waals surface area contributed by atoms with Gasteiger partial charge in [0.2, 0.25) is 5.82 Å². The SMILES string of the molecule is CC(C)(C)c1ccc(C(=O)NC(C=O)Cc2ccc(-c3noc(-c4ccc(-c5cccc(F)c5)cc4)n3)cc2)cc1. The molecule has 7 heteroatoms. The second kappa shape index (κ2) is 11.7. The van der Waals surface area contributed by atoms with Crippen LogP contribution in [0.5, 0.6) is 0 Å². The molecule has 1 heterocycles. The van der Waals surface area contributed by atoms with E-state index in [0.29, 0.717) is 23.7 Å². The predicted molar refractivity (Wildman–Crippen MR) is 157 cm³/mol. The van der Waals surface area contributed by atoms with Crippen molar-refractivity contribution in [3.8, 4) is 34.0 Å². The maximum absolute atomic E-state index is 13.6. The lowest BCUT2D eigenvalue weighted by atomic mass is 9.86. The van der Waals surface area contributed by atoms with Gasteiger partial charge in [0, 0.05) is 16.7 Å². The van der Waals surface area contributed by atoms with Crippen molar-refractivity contribution in [3.05, 3.63) is 120 Å². The van der Waals surface area contributed by atoms with E-state index in [9.17, 15) is 14.0 Å². The molecule has 1 N–H and O–H groups in total. The lowest BCUT2D eigenvalue weighted by Gasteiger charge is -2.19. The monoisotopic (exact) mass is 547 g/mol. The molecule has 0 spiro atoms. The number of aldehydes is 1. The van der Waals surface area contributed by atoms with Crippen LogP contribution in [0.4, 0.5) is 4.39 Å².